The summed E-state index contributed by atoms with van der Waals surface area (Å²) in [5.74, 6) is -1.02. The third-order valence-electron chi connectivity index (χ3n) is 12.7. The monoisotopic (exact) mass is 1090 g/mol. The maximum absolute atomic E-state index is 12.9. The Morgan fingerprint density at radius 1 is 0.266 bits per heavy atom. The molecule has 0 spiro atoms. The third-order valence-corrected chi connectivity index (χ3v) is 12.7. The van der Waals surface area contributed by atoms with E-state index in [1.165, 1.54) is 70.6 Å². The lowest BCUT2D eigenvalue weighted by Gasteiger charge is -2.18. The molecule has 79 heavy (non-hydrogen) atoms. The Morgan fingerprint density at radius 2 is 0.506 bits per heavy atom. The highest BCUT2D eigenvalue weighted by atomic mass is 16.6. The summed E-state index contributed by atoms with van der Waals surface area (Å²) in [5, 5.41) is 0. The van der Waals surface area contributed by atoms with E-state index in [2.05, 4.69) is 191 Å². The smallest absolute Gasteiger partial charge is 0.306 e. The van der Waals surface area contributed by atoms with E-state index < -0.39 is 6.10 Å². The number of esters is 3. The fourth-order valence-electron chi connectivity index (χ4n) is 8.02. The van der Waals surface area contributed by atoms with Crippen LogP contribution >= 0.6 is 0 Å². The molecule has 442 valence electrons. The van der Waals surface area contributed by atoms with Gasteiger partial charge in [-0.1, -0.05) is 255 Å². The molecule has 0 saturated carbocycles. The van der Waals surface area contributed by atoms with Crippen LogP contribution in [0.15, 0.2) is 170 Å². The van der Waals surface area contributed by atoms with Crippen molar-refractivity contribution in [2.24, 2.45) is 0 Å². The minimum Gasteiger partial charge on any atom is -0.462 e. The molecule has 0 rings (SSSR count). The Bertz CT molecular complexity index is 1820. The Morgan fingerprint density at radius 3 is 0.835 bits per heavy atom. The first-order valence-electron chi connectivity index (χ1n) is 31.6. The minimum atomic E-state index is -0.832. The Hall–Kier alpha value is -5.23. The molecule has 0 aliphatic heterocycles. The minimum absolute atomic E-state index is 0.120. The molecule has 6 heteroatoms. The molecule has 0 saturated heterocycles. The molecule has 0 radical (unpaired) electrons. The molecule has 0 amide bonds. The van der Waals surface area contributed by atoms with Crippen LogP contribution in [-0.4, -0.2) is 37.2 Å². The number of allylic oxidation sites excluding steroid dienone is 28. The van der Waals surface area contributed by atoms with Crippen LogP contribution < -0.4 is 0 Å². The van der Waals surface area contributed by atoms with Crippen LogP contribution in [0.25, 0.3) is 0 Å². The molecule has 1 unspecified atom stereocenters. The lowest BCUT2D eigenvalue weighted by molar-refractivity contribution is -0.167. The van der Waals surface area contributed by atoms with Crippen LogP contribution in [-0.2, 0) is 28.6 Å². The predicted octanol–water partition coefficient (Wildman–Crippen LogP) is 21.9. The van der Waals surface area contributed by atoms with Crippen molar-refractivity contribution in [1.29, 1.82) is 0 Å². The summed E-state index contributed by atoms with van der Waals surface area (Å²) < 4.78 is 16.8. The van der Waals surface area contributed by atoms with Crippen LogP contribution in [0.5, 0.6) is 0 Å². The molecule has 0 aliphatic rings. The Balaban J connectivity index is 4.58. The van der Waals surface area contributed by atoms with Gasteiger partial charge >= 0.3 is 17.9 Å². The van der Waals surface area contributed by atoms with E-state index in [4.69, 9.17) is 14.2 Å². The Labute approximate surface area is 485 Å². The summed E-state index contributed by atoms with van der Waals surface area (Å²) in [5.41, 5.74) is 0. The second kappa shape index (κ2) is 65.3. The van der Waals surface area contributed by atoms with Crippen LogP contribution in [0.3, 0.4) is 0 Å². The molecule has 0 N–H and O–H groups in total. The van der Waals surface area contributed by atoms with Crippen molar-refractivity contribution in [2.75, 3.05) is 13.2 Å². The average Bonchev–Trinajstić information content (AvgIpc) is 3.45. The van der Waals surface area contributed by atoms with Gasteiger partial charge < -0.3 is 14.2 Å². The number of ether oxygens (including phenoxy) is 3. The fourth-order valence-corrected chi connectivity index (χ4v) is 8.02. The van der Waals surface area contributed by atoms with Gasteiger partial charge in [0.15, 0.2) is 6.10 Å². The van der Waals surface area contributed by atoms with E-state index in [1.807, 2.05) is 0 Å². The summed E-state index contributed by atoms with van der Waals surface area (Å²) in [6.45, 7) is 6.30. The highest BCUT2D eigenvalue weighted by molar-refractivity contribution is 5.71. The van der Waals surface area contributed by atoms with Crippen molar-refractivity contribution in [3.8, 4) is 0 Å². The zero-order chi connectivity index (χ0) is 57.1. The van der Waals surface area contributed by atoms with Crippen molar-refractivity contribution >= 4 is 17.9 Å². The lowest BCUT2D eigenvalue weighted by atomic mass is 10.1. The molecule has 1 atom stereocenters. The summed E-state index contributed by atoms with van der Waals surface area (Å²) in [6, 6.07) is 0. The lowest BCUT2D eigenvalue weighted by Crippen LogP contribution is -2.30. The summed E-state index contributed by atoms with van der Waals surface area (Å²) in [7, 11) is 0. The van der Waals surface area contributed by atoms with Gasteiger partial charge in [0.2, 0.25) is 0 Å². The largest absolute Gasteiger partial charge is 0.462 e. The molecule has 0 aromatic rings. The van der Waals surface area contributed by atoms with Gasteiger partial charge in [-0.05, 0) is 148 Å². The maximum atomic E-state index is 12.9. The summed E-state index contributed by atoms with van der Waals surface area (Å²) in [6.07, 6.45) is 96.4. The normalized spacial score (nSPS) is 13.3. The van der Waals surface area contributed by atoms with Crippen LogP contribution in [0.4, 0.5) is 0 Å². The van der Waals surface area contributed by atoms with Crippen molar-refractivity contribution in [3.05, 3.63) is 170 Å². The molecular weight excluding hydrogens is 973 g/mol. The van der Waals surface area contributed by atoms with Gasteiger partial charge in [0, 0.05) is 19.3 Å². The van der Waals surface area contributed by atoms with Gasteiger partial charge in [0.05, 0.1) is 0 Å². The topological polar surface area (TPSA) is 78.9 Å². The second-order valence-corrected chi connectivity index (χ2v) is 20.2. The number of carbonyl (C=O) groups is 3. The summed E-state index contributed by atoms with van der Waals surface area (Å²) >= 11 is 0. The zero-order valence-electron chi connectivity index (χ0n) is 50.6. The maximum Gasteiger partial charge on any atom is 0.306 e. The Kier molecular flexibility index (Phi) is 61.0. The SMILES string of the molecule is CC/C=C\C/C=C\C/C=C\C/C=C\C/C=C\C/C=C\C/C=C\CCCC(=O)OCC(COC(=O)CCCCCCCCCCC/C=C\C/C=C\CCCCC)OC(=O)CCCCC/C=C\C/C=C\C/C=C\C/C=C\C/C=C\CC. The molecule has 0 heterocycles. The molecule has 0 aromatic carbocycles. The van der Waals surface area contributed by atoms with Gasteiger partial charge in [-0.2, -0.15) is 0 Å². The first-order valence-corrected chi connectivity index (χ1v) is 31.6. The van der Waals surface area contributed by atoms with Crippen molar-refractivity contribution < 1.29 is 28.6 Å². The van der Waals surface area contributed by atoms with E-state index in [0.29, 0.717) is 19.3 Å². The number of rotatable bonds is 55. The van der Waals surface area contributed by atoms with Crippen LogP contribution in [0.2, 0.25) is 0 Å². The fraction of sp³-hybridized carbons (Fsp3) is 0.575. The zero-order valence-corrected chi connectivity index (χ0v) is 50.6. The van der Waals surface area contributed by atoms with Crippen molar-refractivity contribution in [1.82, 2.24) is 0 Å². The number of carbonyl (C=O) groups excluding carboxylic acids is 3. The van der Waals surface area contributed by atoms with Gasteiger partial charge in [0.1, 0.15) is 13.2 Å². The van der Waals surface area contributed by atoms with Crippen molar-refractivity contribution in [3.63, 3.8) is 0 Å². The summed E-state index contributed by atoms with van der Waals surface area (Å²) in [4.78, 5) is 38.3. The first kappa shape index (κ1) is 73.8. The molecule has 0 fully saturated rings. The van der Waals surface area contributed by atoms with Crippen LogP contribution in [0.1, 0.15) is 252 Å². The van der Waals surface area contributed by atoms with E-state index in [0.717, 1.165) is 128 Å². The highest BCUT2D eigenvalue weighted by Crippen LogP contribution is 2.14. The number of hydrogen-bond acceptors (Lipinski definition) is 6. The van der Waals surface area contributed by atoms with Crippen molar-refractivity contribution in [2.45, 2.75) is 258 Å². The number of hydrogen-bond donors (Lipinski definition) is 0. The van der Waals surface area contributed by atoms with Gasteiger partial charge in [-0.3, -0.25) is 14.4 Å². The van der Waals surface area contributed by atoms with Crippen LogP contribution in [0, 0.1) is 0 Å². The average molecular weight is 1090 g/mol. The predicted molar refractivity (Wildman–Crippen MR) is 343 cm³/mol. The van der Waals surface area contributed by atoms with E-state index in [1.54, 1.807) is 0 Å². The highest BCUT2D eigenvalue weighted by Gasteiger charge is 2.19. The standard InChI is InChI=1S/C73H114O6/c1-4-7-10-13-16-19-22-25-28-31-34-35-36-37-40-42-45-48-51-54-57-60-63-66-72(75)78-69-70(79-73(76)67-64-61-58-55-52-49-46-43-39-33-30-27-24-21-18-15-12-9-6-3)68-77-71(74)65-62-59-56-53-50-47-44-41-38-32-29-26-23-20-17-14-11-8-5-2/h7,9-10,12,16-21,25-30,34-35,37,39-40,43,45,48-49,52,54,57,70H,4-6,8,11,13-15,22-24,31-33,36,38,41-42,44,46-47,50-51,53,55-56,58-69H2,1-3H3/b10-7-,12-9-,19-16-,20-17-,21-18-,28-25-,29-26-,30-27-,35-34-,40-37-,43-39-,48-45-,52-49-,57-54-. The first-order chi connectivity index (χ1) is 39.0. The molecule has 0 bridgehead atoms. The van der Waals surface area contributed by atoms with Gasteiger partial charge in [0.25, 0.3) is 0 Å². The quantitative estimate of drug-likeness (QED) is 0.0261. The number of unbranched alkanes of at least 4 members (excludes halogenated alkanes) is 16. The molecule has 0 aliphatic carbocycles. The van der Waals surface area contributed by atoms with Gasteiger partial charge in [-0.25, -0.2) is 0 Å². The second-order valence-electron chi connectivity index (χ2n) is 20.2. The molecule has 0 aromatic heterocycles. The van der Waals surface area contributed by atoms with Gasteiger partial charge in [-0.15, -0.1) is 0 Å². The van der Waals surface area contributed by atoms with E-state index >= 15 is 0 Å². The van der Waals surface area contributed by atoms with E-state index in [9.17, 15) is 14.4 Å². The molecule has 6 nitrogen and oxygen atoms in total. The molecular formula is C73H114O6. The third kappa shape index (κ3) is 63.5. The van der Waals surface area contributed by atoms with E-state index in [-0.39, 0.29) is 44.0 Å².